The number of rotatable bonds is 4. The summed E-state index contributed by atoms with van der Waals surface area (Å²) in [6.07, 6.45) is 7.49. The largest absolute Gasteiger partial charge is 0.340 e. The van der Waals surface area contributed by atoms with Gasteiger partial charge < -0.3 is 4.98 Å². The molecule has 1 nitrogen and oxygen atoms in total. The summed E-state index contributed by atoms with van der Waals surface area (Å²) in [6, 6.07) is 1.47. The lowest BCUT2D eigenvalue weighted by Gasteiger charge is -2.22. The predicted octanol–water partition coefficient (Wildman–Crippen LogP) is 2.99. The van der Waals surface area contributed by atoms with Crippen molar-refractivity contribution in [1.82, 2.24) is 4.98 Å². The zero-order valence-electron chi connectivity index (χ0n) is 8.82. The highest BCUT2D eigenvalue weighted by Gasteiger charge is 2.22. The number of hydrogen-bond donors (Lipinski definition) is 1. The van der Waals surface area contributed by atoms with Crippen LogP contribution < -0.4 is 4.98 Å². The molecule has 1 aliphatic rings. The third-order valence-electron chi connectivity index (χ3n) is 3.33. The van der Waals surface area contributed by atoms with Crippen LogP contribution in [0.25, 0.3) is 0 Å². The van der Waals surface area contributed by atoms with Gasteiger partial charge in [0.05, 0.1) is 0 Å². The number of hydrogen-bond acceptors (Lipinski definition) is 1. The van der Waals surface area contributed by atoms with Crippen LogP contribution >= 0.6 is 0 Å². The summed E-state index contributed by atoms with van der Waals surface area (Å²) in [7, 11) is 1.13. The van der Waals surface area contributed by atoms with Crippen LogP contribution in [0.2, 0.25) is 19.1 Å². The monoisotopic (exact) mass is 185 g/mol. The summed E-state index contributed by atoms with van der Waals surface area (Å²) in [6.45, 7) is 4.86. The first-order chi connectivity index (χ1) is 5.64. The van der Waals surface area contributed by atoms with Crippen molar-refractivity contribution in [3.05, 3.63) is 0 Å². The Hall–Kier alpha value is 0.177. The van der Waals surface area contributed by atoms with Gasteiger partial charge >= 0.3 is 0 Å². The molecule has 0 aromatic heterocycles. The van der Waals surface area contributed by atoms with Crippen molar-refractivity contribution in [2.24, 2.45) is 5.92 Å². The first-order valence-corrected chi connectivity index (χ1v) is 8.54. The SMILES string of the molecule is CN[Si](C)(C)CCC1CCCC1. The van der Waals surface area contributed by atoms with Crippen molar-refractivity contribution in [3.8, 4) is 0 Å². The standard InChI is InChI=1S/C10H23NSi/c1-11-12(2,3)9-8-10-6-4-5-7-10/h10-11H,4-9H2,1-3H3. The van der Waals surface area contributed by atoms with E-state index in [1.165, 1.54) is 38.1 Å². The van der Waals surface area contributed by atoms with Gasteiger partial charge in [0.2, 0.25) is 0 Å². The second-order valence-electron chi connectivity index (χ2n) is 4.82. The number of nitrogens with one attached hydrogen (secondary N) is 1. The molecule has 0 saturated heterocycles. The van der Waals surface area contributed by atoms with E-state index in [-0.39, 0.29) is 0 Å². The third kappa shape index (κ3) is 3.28. The molecule has 0 amide bonds. The smallest absolute Gasteiger partial charge is 0.119 e. The minimum atomic E-state index is -0.995. The molecule has 0 aliphatic heterocycles. The Kier molecular flexibility index (Phi) is 3.78. The Labute approximate surface area is 78.0 Å². The lowest BCUT2D eigenvalue weighted by atomic mass is 10.1. The highest BCUT2D eigenvalue weighted by atomic mass is 28.3. The Morgan fingerprint density at radius 1 is 1.25 bits per heavy atom. The van der Waals surface area contributed by atoms with Gasteiger partial charge in [-0.05, 0) is 19.0 Å². The summed E-state index contributed by atoms with van der Waals surface area (Å²) in [5.74, 6) is 1.07. The fourth-order valence-electron chi connectivity index (χ4n) is 1.99. The normalized spacial score (nSPS) is 20.2. The highest BCUT2D eigenvalue weighted by molar-refractivity contribution is 6.74. The van der Waals surface area contributed by atoms with Crippen LogP contribution in [0.5, 0.6) is 0 Å². The molecule has 1 saturated carbocycles. The summed E-state index contributed by atoms with van der Waals surface area (Å²) in [5.41, 5.74) is 0. The molecule has 72 valence electrons. The van der Waals surface area contributed by atoms with Gasteiger partial charge in [-0.1, -0.05) is 45.2 Å². The molecule has 0 heterocycles. The molecular weight excluding hydrogens is 162 g/mol. The Morgan fingerprint density at radius 2 is 1.83 bits per heavy atom. The quantitative estimate of drug-likeness (QED) is 0.664. The van der Waals surface area contributed by atoms with Crippen molar-refractivity contribution in [2.45, 2.75) is 51.2 Å². The highest BCUT2D eigenvalue weighted by Crippen LogP contribution is 2.30. The molecule has 0 atom stereocenters. The lowest BCUT2D eigenvalue weighted by molar-refractivity contribution is 0.525. The fraction of sp³-hybridized carbons (Fsp3) is 1.00. The fourth-order valence-corrected chi connectivity index (χ4v) is 3.37. The molecule has 1 rings (SSSR count). The second kappa shape index (κ2) is 4.42. The van der Waals surface area contributed by atoms with Crippen molar-refractivity contribution in [2.75, 3.05) is 7.05 Å². The zero-order chi connectivity index (χ0) is 9.03. The van der Waals surface area contributed by atoms with Crippen LogP contribution in [0.3, 0.4) is 0 Å². The Balaban J connectivity index is 2.15. The third-order valence-corrected chi connectivity index (χ3v) is 6.22. The summed E-state index contributed by atoms with van der Waals surface area (Å²) >= 11 is 0. The van der Waals surface area contributed by atoms with E-state index >= 15 is 0 Å². The lowest BCUT2D eigenvalue weighted by Crippen LogP contribution is -2.41. The van der Waals surface area contributed by atoms with Crippen LogP contribution in [-0.2, 0) is 0 Å². The second-order valence-corrected chi connectivity index (χ2v) is 9.59. The van der Waals surface area contributed by atoms with Gasteiger partial charge in [0.15, 0.2) is 0 Å². The molecule has 0 spiro atoms. The maximum atomic E-state index is 3.50. The average Bonchev–Trinajstić information content (AvgIpc) is 2.53. The van der Waals surface area contributed by atoms with Crippen molar-refractivity contribution < 1.29 is 0 Å². The predicted molar refractivity (Wildman–Crippen MR) is 57.9 cm³/mol. The van der Waals surface area contributed by atoms with E-state index in [9.17, 15) is 0 Å². The molecule has 0 aromatic carbocycles. The Morgan fingerprint density at radius 3 is 2.33 bits per heavy atom. The van der Waals surface area contributed by atoms with Crippen molar-refractivity contribution >= 4 is 8.24 Å². The molecule has 1 fully saturated rings. The van der Waals surface area contributed by atoms with E-state index < -0.39 is 8.24 Å². The molecule has 0 bridgehead atoms. The van der Waals surface area contributed by atoms with Gasteiger partial charge in [0, 0.05) is 0 Å². The minimum Gasteiger partial charge on any atom is -0.340 e. The van der Waals surface area contributed by atoms with Gasteiger partial charge in [0.1, 0.15) is 8.24 Å². The topological polar surface area (TPSA) is 12.0 Å². The maximum absolute atomic E-state index is 3.50. The van der Waals surface area contributed by atoms with E-state index in [4.69, 9.17) is 0 Å². The van der Waals surface area contributed by atoms with Gasteiger partial charge in [-0.25, -0.2) is 0 Å². The molecule has 1 aliphatic carbocycles. The first-order valence-electron chi connectivity index (χ1n) is 5.33. The van der Waals surface area contributed by atoms with E-state index in [1.54, 1.807) is 0 Å². The summed E-state index contributed by atoms with van der Waals surface area (Å²) in [4.78, 5) is 3.50. The van der Waals surface area contributed by atoms with E-state index in [0.717, 1.165) is 5.92 Å². The molecule has 0 radical (unpaired) electrons. The zero-order valence-corrected chi connectivity index (χ0v) is 9.82. The maximum Gasteiger partial charge on any atom is 0.119 e. The van der Waals surface area contributed by atoms with Gasteiger partial charge in [-0.3, -0.25) is 0 Å². The molecule has 2 heteroatoms. The van der Waals surface area contributed by atoms with E-state index in [1.807, 2.05) is 0 Å². The molecule has 0 unspecified atom stereocenters. The first kappa shape index (κ1) is 10.3. The van der Waals surface area contributed by atoms with Crippen LogP contribution in [0.1, 0.15) is 32.1 Å². The molecule has 1 N–H and O–H groups in total. The average molecular weight is 185 g/mol. The van der Waals surface area contributed by atoms with Crippen LogP contribution in [0.15, 0.2) is 0 Å². The van der Waals surface area contributed by atoms with Crippen molar-refractivity contribution in [1.29, 1.82) is 0 Å². The molecule has 0 aromatic rings. The van der Waals surface area contributed by atoms with Crippen molar-refractivity contribution in [3.63, 3.8) is 0 Å². The van der Waals surface area contributed by atoms with E-state index in [0.29, 0.717) is 0 Å². The molecule has 12 heavy (non-hydrogen) atoms. The summed E-state index contributed by atoms with van der Waals surface area (Å²) in [5, 5.41) is 0. The van der Waals surface area contributed by atoms with Crippen LogP contribution in [0, 0.1) is 5.92 Å². The van der Waals surface area contributed by atoms with Gasteiger partial charge in [0.25, 0.3) is 0 Å². The summed E-state index contributed by atoms with van der Waals surface area (Å²) < 4.78 is 0. The van der Waals surface area contributed by atoms with Gasteiger partial charge in [-0.15, -0.1) is 0 Å². The van der Waals surface area contributed by atoms with E-state index in [2.05, 4.69) is 25.1 Å². The minimum absolute atomic E-state index is 0.995. The molecular formula is C10H23NSi. The Bertz CT molecular complexity index is 128. The van der Waals surface area contributed by atoms with Gasteiger partial charge in [-0.2, -0.15) is 0 Å². The van der Waals surface area contributed by atoms with Crippen LogP contribution in [-0.4, -0.2) is 15.3 Å². The van der Waals surface area contributed by atoms with Crippen LogP contribution in [0.4, 0.5) is 0 Å².